The van der Waals surface area contributed by atoms with E-state index in [1.54, 1.807) is 6.20 Å². The van der Waals surface area contributed by atoms with Gasteiger partial charge in [-0.25, -0.2) is 9.97 Å². The molecular formula is C19H24N4OS. The average molecular weight is 356 g/mol. The number of unbranched alkanes of at least 4 members (excludes halogenated alkanes) is 1. The van der Waals surface area contributed by atoms with Gasteiger partial charge in [-0.05, 0) is 36.4 Å². The lowest BCUT2D eigenvalue weighted by Crippen LogP contribution is -2.32. The van der Waals surface area contributed by atoms with Crippen molar-refractivity contribution in [2.45, 2.75) is 46.2 Å². The number of aryl methyl sites for hydroxylation is 1. The number of rotatable bonds is 8. The lowest BCUT2D eigenvalue weighted by atomic mass is 10.3. The van der Waals surface area contributed by atoms with Crippen LogP contribution in [-0.2, 0) is 13.1 Å². The zero-order chi connectivity index (χ0) is 17.6. The highest BCUT2D eigenvalue weighted by Crippen LogP contribution is 2.19. The molecule has 1 amide bonds. The summed E-state index contributed by atoms with van der Waals surface area (Å²) >= 11 is 1.49. The minimum absolute atomic E-state index is 0.0894. The third-order valence-electron chi connectivity index (χ3n) is 4.16. The zero-order valence-corrected chi connectivity index (χ0v) is 15.6. The predicted molar refractivity (Wildman–Crippen MR) is 102 cm³/mol. The van der Waals surface area contributed by atoms with Gasteiger partial charge in [-0.15, -0.1) is 11.3 Å². The van der Waals surface area contributed by atoms with Gasteiger partial charge in [0.15, 0.2) is 5.65 Å². The Hall–Kier alpha value is -2.21. The Balaban J connectivity index is 1.92. The smallest absolute Gasteiger partial charge is 0.264 e. The summed E-state index contributed by atoms with van der Waals surface area (Å²) < 4.78 is 2.15. The van der Waals surface area contributed by atoms with Crippen molar-refractivity contribution >= 4 is 28.4 Å². The second-order valence-electron chi connectivity index (χ2n) is 6.08. The molecule has 0 aliphatic rings. The number of carbonyl (C=O) groups excluding carboxylic acids is 1. The molecule has 0 atom stereocenters. The van der Waals surface area contributed by atoms with Gasteiger partial charge in [0.25, 0.3) is 5.91 Å². The van der Waals surface area contributed by atoms with Gasteiger partial charge in [-0.3, -0.25) is 4.79 Å². The summed E-state index contributed by atoms with van der Waals surface area (Å²) in [4.78, 5) is 24.8. The number of pyridine rings is 1. The number of hydrogen-bond acceptors (Lipinski definition) is 4. The standard InChI is InChI=1S/C19H24N4OS/c1-3-5-12-22(19(24)16-9-7-13-25-16)14-17-21-15-8-6-10-20-18(15)23(17)11-4-2/h6-10,13H,3-5,11-12,14H2,1-2H3. The number of amides is 1. The number of nitrogens with zero attached hydrogens (tertiary/aromatic N) is 4. The van der Waals surface area contributed by atoms with Crippen LogP contribution in [-0.4, -0.2) is 31.9 Å². The molecule has 0 aliphatic carbocycles. The van der Waals surface area contributed by atoms with E-state index in [1.807, 2.05) is 34.5 Å². The summed E-state index contributed by atoms with van der Waals surface area (Å²) in [5.41, 5.74) is 1.79. The molecule has 3 aromatic heterocycles. The van der Waals surface area contributed by atoms with E-state index in [1.165, 1.54) is 11.3 Å². The molecule has 3 heterocycles. The van der Waals surface area contributed by atoms with Crippen LogP contribution in [0.15, 0.2) is 35.8 Å². The van der Waals surface area contributed by atoms with Gasteiger partial charge < -0.3 is 9.47 Å². The fraction of sp³-hybridized carbons (Fsp3) is 0.421. The molecule has 0 aromatic carbocycles. The number of imidazole rings is 1. The number of fused-ring (bicyclic) bond motifs is 1. The molecule has 3 rings (SSSR count). The molecule has 0 fully saturated rings. The number of thiophene rings is 1. The van der Waals surface area contributed by atoms with E-state index in [0.717, 1.165) is 54.2 Å². The molecule has 5 nitrogen and oxygen atoms in total. The normalized spacial score (nSPS) is 11.1. The Morgan fingerprint density at radius 1 is 1.24 bits per heavy atom. The molecule has 0 N–H and O–H groups in total. The van der Waals surface area contributed by atoms with E-state index < -0.39 is 0 Å². The van der Waals surface area contributed by atoms with Crippen molar-refractivity contribution in [1.29, 1.82) is 0 Å². The van der Waals surface area contributed by atoms with E-state index in [4.69, 9.17) is 4.98 Å². The largest absolute Gasteiger partial charge is 0.330 e. The maximum absolute atomic E-state index is 12.9. The van der Waals surface area contributed by atoms with Crippen molar-refractivity contribution in [3.8, 4) is 0 Å². The van der Waals surface area contributed by atoms with Crippen LogP contribution in [0.4, 0.5) is 0 Å². The first-order valence-electron chi connectivity index (χ1n) is 8.87. The lowest BCUT2D eigenvalue weighted by Gasteiger charge is -2.22. The van der Waals surface area contributed by atoms with Crippen molar-refractivity contribution in [1.82, 2.24) is 19.4 Å². The Labute approximate surface area is 152 Å². The van der Waals surface area contributed by atoms with Gasteiger partial charge in [0.1, 0.15) is 11.3 Å². The van der Waals surface area contributed by atoms with Crippen molar-refractivity contribution < 1.29 is 4.79 Å². The summed E-state index contributed by atoms with van der Waals surface area (Å²) in [6.45, 7) is 6.41. The van der Waals surface area contributed by atoms with Crippen LogP contribution in [0, 0.1) is 0 Å². The maximum Gasteiger partial charge on any atom is 0.264 e. The number of aromatic nitrogens is 3. The quantitative estimate of drug-likeness (QED) is 0.603. The van der Waals surface area contributed by atoms with Gasteiger partial charge >= 0.3 is 0 Å². The zero-order valence-electron chi connectivity index (χ0n) is 14.8. The van der Waals surface area contributed by atoms with Crippen LogP contribution in [0.5, 0.6) is 0 Å². The van der Waals surface area contributed by atoms with E-state index in [9.17, 15) is 4.79 Å². The molecule has 0 radical (unpaired) electrons. The Morgan fingerprint density at radius 2 is 2.12 bits per heavy atom. The van der Waals surface area contributed by atoms with Gasteiger partial charge in [-0.2, -0.15) is 0 Å². The van der Waals surface area contributed by atoms with Gasteiger partial charge in [0.05, 0.1) is 11.4 Å². The molecule has 0 unspecified atom stereocenters. The second-order valence-corrected chi connectivity index (χ2v) is 7.03. The van der Waals surface area contributed by atoms with Crippen LogP contribution in [0.25, 0.3) is 11.2 Å². The summed E-state index contributed by atoms with van der Waals surface area (Å²) in [5, 5.41) is 1.95. The first kappa shape index (κ1) is 17.6. The average Bonchev–Trinajstić information content (AvgIpc) is 3.27. The molecule has 0 saturated heterocycles. The molecule has 132 valence electrons. The minimum Gasteiger partial charge on any atom is -0.330 e. The van der Waals surface area contributed by atoms with E-state index in [0.29, 0.717) is 6.54 Å². The van der Waals surface area contributed by atoms with Crippen molar-refractivity contribution in [3.63, 3.8) is 0 Å². The first-order chi connectivity index (χ1) is 12.2. The fourth-order valence-electron chi connectivity index (χ4n) is 2.91. The molecular weight excluding hydrogens is 332 g/mol. The van der Waals surface area contributed by atoms with Gasteiger partial charge in [0.2, 0.25) is 0 Å². The monoisotopic (exact) mass is 356 g/mol. The van der Waals surface area contributed by atoms with Gasteiger partial charge in [-0.1, -0.05) is 26.3 Å². The molecule has 25 heavy (non-hydrogen) atoms. The lowest BCUT2D eigenvalue weighted by molar-refractivity contribution is 0.0739. The van der Waals surface area contributed by atoms with Crippen molar-refractivity contribution in [2.75, 3.05) is 6.54 Å². The van der Waals surface area contributed by atoms with Crippen molar-refractivity contribution in [3.05, 3.63) is 46.5 Å². The highest BCUT2D eigenvalue weighted by Gasteiger charge is 2.20. The Kier molecular flexibility index (Phi) is 5.81. The minimum atomic E-state index is 0.0894. The summed E-state index contributed by atoms with van der Waals surface area (Å²) in [6.07, 6.45) is 4.85. The predicted octanol–water partition coefficient (Wildman–Crippen LogP) is 4.35. The highest BCUT2D eigenvalue weighted by atomic mass is 32.1. The number of hydrogen-bond donors (Lipinski definition) is 0. The fourth-order valence-corrected chi connectivity index (χ4v) is 3.60. The summed E-state index contributed by atoms with van der Waals surface area (Å²) in [7, 11) is 0. The van der Waals surface area contributed by atoms with Crippen LogP contribution in [0.3, 0.4) is 0 Å². The highest BCUT2D eigenvalue weighted by molar-refractivity contribution is 7.12. The molecule has 3 aromatic rings. The third kappa shape index (κ3) is 3.90. The van der Waals surface area contributed by atoms with Crippen LogP contribution >= 0.6 is 11.3 Å². The topological polar surface area (TPSA) is 51.0 Å². The molecule has 6 heteroatoms. The molecule has 0 aliphatic heterocycles. The summed E-state index contributed by atoms with van der Waals surface area (Å²) in [5.74, 6) is 1.00. The van der Waals surface area contributed by atoms with Crippen LogP contribution in [0.1, 0.15) is 48.6 Å². The number of carbonyl (C=O) groups is 1. The molecule has 0 spiro atoms. The summed E-state index contributed by atoms with van der Waals surface area (Å²) in [6, 6.07) is 7.70. The molecule has 0 bridgehead atoms. The van der Waals surface area contributed by atoms with Crippen LogP contribution < -0.4 is 0 Å². The maximum atomic E-state index is 12.9. The van der Waals surface area contributed by atoms with Gasteiger partial charge in [0, 0.05) is 19.3 Å². The Bertz CT molecular complexity index is 825. The second kappa shape index (κ2) is 8.25. The van der Waals surface area contributed by atoms with E-state index in [-0.39, 0.29) is 5.91 Å². The SMILES string of the molecule is CCCCN(Cc1nc2cccnc2n1CCC)C(=O)c1cccs1. The van der Waals surface area contributed by atoms with Crippen molar-refractivity contribution in [2.24, 2.45) is 0 Å². The Morgan fingerprint density at radius 3 is 2.84 bits per heavy atom. The molecule has 0 saturated carbocycles. The van der Waals surface area contributed by atoms with E-state index >= 15 is 0 Å². The van der Waals surface area contributed by atoms with Crippen LogP contribution in [0.2, 0.25) is 0 Å². The first-order valence-corrected chi connectivity index (χ1v) is 9.75. The van der Waals surface area contributed by atoms with E-state index in [2.05, 4.69) is 23.4 Å². The third-order valence-corrected chi connectivity index (χ3v) is 5.02.